The van der Waals surface area contributed by atoms with Crippen LogP contribution in [0.3, 0.4) is 0 Å². The number of carbonyl (C=O) groups excluding carboxylic acids is 1. The van der Waals surface area contributed by atoms with Crippen LogP contribution in [0.4, 0.5) is 18.0 Å². The quantitative estimate of drug-likeness (QED) is 0.886. The molecule has 1 atom stereocenters. The zero-order valence-electron chi connectivity index (χ0n) is 9.67. The molecule has 1 aliphatic heterocycles. The number of hydrogen-bond donors (Lipinski definition) is 1. The van der Waals surface area contributed by atoms with Gasteiger partial charge >= 0.3 is 12.3 Å². The van der Waals surface area contributed by atoms with Crippen LogP contribution in [0, 0.1) is 0 Å². The number of ether oxygens (including phenoxy) is 1. The molecule has 1 unspecified atom stereocenters. The van der Waals surface area contributed by atoms with Crippen LogP contribution in [0.1, 0.15) is 18.1 Å². The molecule has 1 fully saturated rings. The molecule has 6 heteroatoms. The van der Waals surface area contributed by atoms with Gasteiger partial charge in [0.05, 0.1) is 12.1 Å². The highest BCUT2D eigenvalue weighted by molar-refractivity contribution is 5.70. The molecular weight excluding hydrogens is 247 g/mol. The molecular formula is C12H12F3NO2. The summed E-state index contributed by atoms with van der Waals surface area (Å²) in [6, 6.07) is 5.04. The maximum atomic E-state index is 12.5. The van der Waals surface area contributed by atoms with E-state index in [1.807, 2.05) is 0 Å². The summed E-state index contributed by atoms with van der Waals surface area (Å²) in [5.41, 5.74) is -0.994. The van der Waals surface area contributed by atoms with Crippen molar-refractivity contribution < 1.29 is 22.7 Å². The lowest BCUT2D eigenvalue weighted by atomic mass is 9.95. The first-order chi connectivity index (χ1) is 8.28. The molecule has 1 amide bonds. The van der Waals surface area contributed by atoms with Crippen molar-refractivity contribution in [3.63, 3.8) is 0 Å². The minimum absolute atomic E-state index is 0.246. The van der Waals surface area contributed by atoms with Gasteiger partial charge in [0.2, 0.25) is 0 Å². The molecule has 0 bridgehead atoms. The van der Waals surface area contributed by atoms with Crippen molar-refractivity contribution in [2.75, 3.05) is 6.54 Å². The number of benzene rings is 1. The molecule has 0 aliphatic carbocycles. The van der Waals surface area contributed by atoms with Crippen LogP contribution in [0.2, 0.25) is 0 Å². The third-order valence-corrected chi connectivity index (χ3v) is 2.78. The molecule has 98 valence electrons. The maximum absolute atomic E-state index is 12.5. The summed E-state index contributed by atoms with van der Waals surface area (Å²) in [6.45, 7) is 1.98. The van der Waals surface area contributed by atoms with E-state index in [-0.39, 0.29) is 6.42 Å². The number of amides is 1. The summed E-state index contributed by atoms with van der Waals surface area (Å²) in [5, 5.41) is 2.49. The second-order valence-electron chi connectivity index (χ2n) is 4.57. The summed E-state index contributed by atoms with van der Waals surface area (Å²) >= 11 is 0. The zero-order chi connectivity index (χ0) is 13.4. The summed E-state index contributed by atoms with van der Waals surface area (Å²) in [7, 11) is 0. The van der Waals surface area contributed by atoms with Crippen LogP contribution in [-0.4, -0.2) is 18.2 Å². The van der Waals surface area contributed by atoms with Gasteiger partial charge in [-0.3, -0.25) is 0 Å². The topological polar surface area (TPSA) is 38.3 Å². The summed E-state index contributed by atoms with van der Waals surface area (Å²) in [4.78, 5) is 11.0. The van der Waals surface area contributed by atoms with Gasteiger partial charge in [0.15, 0.2) is 0 Å². The van der Waals surface area contributed by atoms with Crippen molar-refractivity contribution in [2.45, 2.75) is 25.1 Å². The summed E-state index contributed by atoms with van der Waals surface area (Å²) in [5.74, 6) is 0. The first-order valence-electron chi connectivity index (χ1n) is 5.41. The molecule has 1 saturated heterocycles. The highest BCUT2D eigenvalue weighted by Crippen LogP contribution is 2.30. The fourth-order valence-electron chi connectivity index (χ4n) is 1.94. The number of cyclic esters (lactones) is 1. The molecule has 1 aromatic carbocycles. The SMILES string of the molecule is CC1(Cc2cccc(C(F)(F)F)c2)CNC(=O)O1. The molecule has 0 saturated carbocycles. The summed E-state index contributed by atoms with van der Waals surface area (Å²) in [6.07, 6.45) is -4.65. The maximum Gasteiger partial charge on any atom is 0.416 e. The molecule has 0 spiro atoms. The fraction of sp³-hybridized carbons (Fsp3) is 0.417. The predicted molar refractivity (Wildman–Crippen MR) is 58.0 cm³/mol. The molecule has 1 aromatic rings. The standard InChI is InChI=1S/C12H12F3NO2/c1-11(7-16-10(17)18-11)6-8-3-2-4-9(5-8)12(13,14)15/h2-5H,6-7H2,1H3,(H,16,17). The van der Waals surface area contributed by atoms with Crippen LogP contribution in [0.5, 0.6) is 0 Å². The van der Waals surface area contributed by atoms with Gasteiger partial charge < -0.3 is 10.1 Å². The lowest BCUT2D eigenvalue weighted by Gasteiger charge is -2.21. The van der Waals surface area contributed by atoms with Crippen molar-refractivity contribution in [1.29, 1.82) is 0 Å². The van der Waals surface area contributed by atoms with Crippen LogP contribution in [0.15, 0.2) is 24.3 Å². The Morgan fingerprint density at radius 2 is 2.17 bits per heavy atom. The lowest BCUT2D eigenvalue weighted by molar-refractivity contribution is -0.137. The highest BCUT2D eigenvalue weighted by Gasteiger charge is 2.36. The lowest BCUT2D eigenvalue weighted by Crippen LogP contribution is -2.31. The van der Waals surface area contributed by atoms with E-state index >= 15 is 0 Å². The van der Waals surface area contributed by atoms with Gasteiger partial charge in [-0.05, 0) is 18.6 Å². The Hall–Kier alpha value is -1.72. The first-order valence-corrected chi connectivity index (χ1v) is 5.41. The number of hydrogen-bond acceptors (Lipinski definition) is 2. The van der Waals surface area contributed by atoms with Crippen molar-refractivity contribution >= 4 is 6.09 Å². The van der Waals surface area contributed by atoms with Crippen LogP contribution in [0.25, 0.3) is 0 Å². The number of halogens is 3. The molecule has 1 aliphatic rings. The molecule has 1 heterocycles. The van der Waals surface area contributed by atoms with E-state index in [1.165, 1.54) is 6.07 Å². The monoisotopic (exact) mass is 259 g/mol. The minimum Gasteiger partial charge on any atom is -0.441 e. The van der Waals surface area contributed by atoms with Crippen molar-refractivity contribution in [3.05, 3.63) is 35.4 Å². The number of nitrogens with one attached hydrogen (secondary N) is 1. The third kappa shape index (κ3) is 2.75. The van der Waals surface area contributed by atoms with Crippen molar-refractivity contribution in [2.24, 2.45) is 0 Å². The molecule has 3 nitrogen and oxygen atoms in total. The van der Waals surface area contributed by atoms with Gasteiger partial charge in [-0.25, -0.2) is 4.79 Å². The van der Waals surface area contributed by atoms with Crippen LogP contribution >= 0.6 is 0 Å². The Kier molecular flexibility index (Phi) is 2.96. The fourth-order valence-corrected chi connectivity index (χ4v) is 1.94. The Bertz CT molecular complexity index is 473. The van der Waals surface area contributed by atoms with E-state index < -0.39 is 23.4 Å². The third-order valence-electron chi connectivity index (χ3n) is 2.78. The number of rotatable bonds is 2. The van der Waals surface area contributed by atoms with Crippen molar-refractivity contribution in [1.82, 2.24) is 5.32 Å². The molecule has 18 heavy (non-hydrogen) atoms. The molecule has 1 N–H and O–H groups in total. The van der Waals surface area contributed by atoms with E-state index in [1.54, 1.807) is 13.0 Å². The number of alkyl halides is 3. The number of alkyl carbamates (subject to hydrolysis) is 1. The Morgan fingerprint density at radius 3 is 2.72 bits per heavy atom. The molecule has 2 rings (SSSR count). The zero-order valence-corrected chi connectivity index (χ0v) is 9.67. The van der Waals surface area contributed by atoms with Gasteiger partial charge in [0, 0.05) is 6.42 Å². The first kappa shape index (κ1) is 12.7. The number of carbonyl (C=O) groups is 1. The average molecular weight is 259 g/mol. The Balaban J connectivity index is 2.17. The van der Waals surface area contributed by atoms with Crippen LogP contribution in [-0.2, 0) is 17.3 Å². The van der Waals surface area contributed by atoms with Gasteiger partial charge in [-0.1, -0.05) is 18.2 Å². The van der Waals surface area contributed by atoms with E-state index in [2.05, 4.69) is 5.32 Å². The Labute approximate surface area is 102 Å². The van der Waals surface area contributed by atoms with E-state index in [0.717, 1.165) is 12.1 Å². The molecule has 0 radical (unpaired) electrons. The van der Waals surface area contributed by atoms with Crippen molar-refractivity contribution in [3.8, 4) is 0 Å². The predicted octanol–water partition coefficient (Wildman–Crippen LogP) is 2.75. The van der Waals surface area contributed by atoms with E-state index in [0.29, 0.717) is 12.1 Å². The largest absolute Gasteiger partial charge is 0.441 e. The van der Waals surface area contributed by atoms with Gasteiger partial charge in [-0.2, -0.15) is 13.2 Å². The average Bonchev–Trinajstić information content (AvgIpc) is 2.57. The smallest absolute Gasteiger partial charge is 0.416 e. The normalized spacial score (nSPS) is 23.7. The van der Waals surface area contributed by atoms with Crippen LogP contribution < -0.4 is 5.32 Å². The Morgan fingerprint density at radius 1 is 1.44 bits per heavy atom. The van der Waals surface area contributed by atoms with Gasteiger partial charge in [0.1, 0.15) is 5.60 Å². The van der Waals surface area contributed by atoms with Gasteiger partial charge in [-0.15, -0.1) is 0 Å². The molecule has 0 aromatic heterocycles. The second kappa shape index (κ2) is 4.19. The van der Waals surface area contributed by atoms with E-state index in [4.69, 9.17) is 4.74 Å². The van der Waals surface area contributed by atoms with Gasteiger partial charge in [0.25, 0.3) is 0 Å². The van der Waals surface area contributed by atoms with E-state index in [9.17, 15) is 18.0 Å². The highest BCUT2D eigenvalue weighted by atomic mass is 19.4. The minimum atomic E-state index is -4.36. The second-order valence-corrected chi connectivity index (χ2v) is 4.57. The summed E-state index contributed by atoms with van der Waals surface area (Å²) < 4.78 is 42.7.